The fourth-order valence-electron chi connectivity index (χ4n) is 1.90. The van der Waals surface area contributed by atoms with Crippen LogP contribution in [0.1, 0.15) is 17.3 Å². The average Bonchev–Trinajstić information content (AvgIpc) is 2.69. The Hall–Kier alpha value is -0.720. The average molecular weight is 374 g/mol. The van der Waals surface area contributed by atoms with Gasteiger partial charge in [0.05, 0.1) is 11.7 Å². The molecule has 0 aliphatic carbocycles. The van der Waals surface area contributed by atoms with Crippen molar-refractivity contribution >= 4 is 31.9 Å². The lowest BCUT2D eigenvalue weighted by molar-refractivity contribution is 0.533. The van der Waals surface area contributed by atoms with Crippen LogP contribution >= 0.6 is 31.9 Å². The summed E-state index contributed by atoms with van der Waals surface area (Å²) in [4.78, 5) is 0. The van der Waals surface area contributed by atoms with E-state index in [4.69, 9.17) is 0 Å². The Morgan fingerprint density at radius 3 is 2.44 bits per heavy atom. The van der Waals surface area contributed by atoms with Crippen LogP contribution in [0.2, 0.25) is 0 Å². The van der Waals surface area contributed by atoms with Gasteiger partial charge in [0.2, 0.25) is 0 Å². The highest BCUT2D eigenvalue weighted by Crippen LogP contribution is 2.24. The maximum atomic E-state index is 4.02. The molecule has 2 rings (SSSR count). The first-order valence-electron chi connectivity index (χ1n) is 5.58. The smallest absolute Gasteiger partial charge is 0.153 e. The molecule has 6 heteroatoms. The molecule has 0 aliphatic heterocycles. The summed E-state index contributed by atoms with van der Waals surface area (Å²) in [5.41, 5.74) is 2.33. The van der Waals surface area contributed by atoms with Gasteiger partial charge >= 0.3 is 0 Å². The second-order valence-electron chi connectivity index (χ2n) is 4.06. The number of likely N-dealkylation sites (N-methyl/N-ethyl adjacent to an activating group) is 1. The predicted octanol–water partition coefficient (Wildman–Crippen LogP) is 2.84. The summed E-state index contributed by atoms with van der Waals surface area (Å²) < 4.78 is 3.68. The molecule has 0 saturated carbocycles. The normalized spacial score (nSPS) is 12.7. The number of hydrogen-bond donors (Lipinski definition) is 1. The first-order chi connectivity index (χ1) is 8.61. The molecule has 4 nitrogen and oxygen atoms in total. The Morgan fingerprint density at radius 2 is 1.94 bits per heavy atom. The van der Waals surface area contributed by atoms with Crippen molar-refractivity contribution in [2.75, 3.05) is 7.05 Å². The Bertz CT molecular complexity index is 502. The molecule has 18 heavy (non-hydrogen) atoms. The molecule has 0 aliphatic rings. The summed E-state index contributed by atoms with van der Waals surface area (Å²) in [6.07, 6.45) is 0.892. The van der Waals surface area contributed by atoms with Gasteiger partial charge in [0.25, 0.3) is 0 Å². The summed E-state index contributed by atoms with van der Waals surface area (Å²) >= 11 is 6.89. The molecule has 0 bridgehead atoms. The highest BCUT2D eigenvalue weighted by atomic mass is 79.9. The van der Waals surface area contributed by atoms with Crippen molar-refractivity contribution < 1.29 is 0 Å². The van der Waals surface area contributed by atoms with Crippen LogP contribution in [-0.2, 0) is 13.5 Å². The van der Waals surface area contributed by atoms with Crippen molar-refractivity contribution in [3.05, 3.63) is 44.6 Å². The van der Waals surface area contributed by atoms with Crippen LogP contribution in [0, 0.1) is 0 Å². The van der Waals surface area contributed by atoms with Gasteiger partial charge < -0.3 is 5.32 Å². The molecule has 2 aromatic rings. The van der Waals surface area contributed by atoms with Gasteiger partial charge in [0.15, 0.2) is 4.60 Å². The molecule has 1 aromatic heterocycles. The van der Waals surface area contributed by atoms with Gasteiger partial charge in [0, 0.05) is 11.5 Å². The lowest BCUT2D eigenvalue weighted by Gasteiger charge is -2.16. The number of nitrogens with one attached hydrogen (secondary N) is 1. The van der Waals surface area contributed by atoms with Gasteiger partial charge in [-0.3, -0.25) is 0 Å². The summed E-state index contributed by atoms with van der Waals surface area (Å²) in [6.45, 7) is 0. The number of aryl methyl sites for hydroxylation is 1. The van der Waals surface area contributed by atoms with E-state index >= 15 is 0 Å². The van der Waals surface area contributed by atoms with Crippen molar-refractivity contribution in [2.45, 2.75) is 12.5 Å². The summed E-state index contributed by atoms with van der Waals surface area (Å²) in [7, 11) is 3.85. The number of hydrogen-bond acceptors (Lipinski definition) is 3. The van der Waals surface area contributed by atoms with E-state index in [0.717, 1.165) is 21.2 Å². The fourth-order valence-corrected chi connectivity index (χ4v) is 2.77. The molecule has 1 atom stereocenters. The quantitative estimate of drug-likeness (QED) is 0.895. The van der Waals surface area contributed by atoms with Gasteiger partial charge in [-0.2, -0.15) is 0 Å². The molecule has 1 unspecified atom stereocenters. The lowest BCUT2D eigenvalue weighted by Crippen LogP contribution is -2.22. The van der Waals surface area contributed by atoms with E-state index in [1.165, 1.54) is 5.56 Å². The summed E-state index contributed by atoms with van der Waals surface area (Å²) in [5.74, 6) is 0. The van der Waals surface area contributed by atoms with E-state index in [1.54, 1.807) is 4.68 Å². The first kappa shape index (κ1) is 13.7. The maximum Gasteiger partial charge on any atom is 0.153 e. The maximum absolute atomic E-state index is 4.02. The molecule has 96 valence electrons. The number of rotatable bonds is 4. The Labute approximate surface area is 123 Å². The minimum atomic E-state index is 0.181. The minimum Gasteiger partial charge on any atom is -0.311 e. The van der Waals surface area contributed by atoms with Crippen LogP contribution in [0.25, 0.3) is 0 Å². The molecule has 1 aromatic carbocycles. The molecular formula is C12H14Br2N4. The van der Waals surface area contributed by atoms with Crippen molar-refractivity contribution in [1.29, 1.82) is 0 Å². The molecule has 0 spiro atoms. The second kappa shape index (κ2) is 5.95. The van der Waals surface area contributed by atoms with Crippen LogP contribution in [0.3, 0.4) is 0 Å². The van der Waals surface area contributed by atoms with Crippen LogP contribution in [-0.4, -0.2) is 22.0 Å². The lowest BCUT2D eigenvalue weighted by atomic mass is 10.0. The van der Waals surface area contributed by atoms with E-state index in [9.17, 15) is 0 Å². The molecular weight excluding hydrogens is 360 g/mol. The van der Waals surface area contributed by atoms with E-state index in [0.29, 0.717) is 0 Å². The Balaban J connectivity index is 2.22. The molecule has 0 radical (unpaired) electrons. The van der Waals surface area contributed by atoms with Crippen molar-refractivity contribution in [1.82, 2.24) is 20.3 Å². The number of benzene rings is 1. The zero-order valence-electron chi connectivity index (χ0n) is 10.2. The summed E-state index contributed by atoms with van der Waals surface area (Å²) in [5, 5.41) is 11.3. The fraction of sp³-hybridized carbons (Fsp3) is 0.333. The van der Waals surface area contributed by atoms with Crippen molar-refractivity contribution in [2.24, 2.45) is 7.05 Å². The highest BCUT2D eigenvalue weighted by Gasteiger charge is 2.18. The zero-order chi connectivity index (χ0) is 13.1. The van der Waals surface area contributed by atoms with E-state index in [2.05, 4.69) is 71.8 Å². The van der Waals surface area contributed by atoms with Gasteiger partial charge in [-0.15, -0.1) is 5.10 Å². The topological polar surface area (TPSA) is 42.7 Å². The standard InChI is InChI=1S/C12H14Br2N4/c1-15-10(11-12(14)16-17-18(11)2)7-8-3-5-9(13)6-4-8/h3-6,10,15H,7H2,1-2H3. The molecule has 0 fully saturated rings. The summed E-state index contributed by atoms with van der Waals surface area (Å²) in [6, 6.07) is 8.52. The molecule has 1 N–H and O–H groups in total. The molecule has 1 heterocycles. The largest absolute Gasteiger partial charge is 0.311 e. The van der Waals surface area contributed by atoms with Crippen LogP contribution < -0.4 is 5.32 Å². The van der Waals surface area contributed by atoms with Gasteiger partial charge in [0.1, 0.15) is 0 Å². The van der Waals surface area contributed by atoms with Crippen LogP contribution in [0.5, 0.6) is 0 Å². The van der Waals surface area contributed by atoms with E-state index in [1.807, 2.05) is 14.1 Å². The molecule has 0 saturated heterocycles. The minimum absolute atomic E-state index is 0.181. The number of halogens is 2. The zero-order valence-corrected chi connectivity index (χ0v) is 13.4. The third-order valence-corrected chi connectivity index (χ3v) is 3.95. The SMILES string of the molecule is CNC(Cc1ccc(Br)cc1)c1c(Br)nnn1C. The van der Waals surface area contributed by atoms with E-state index in [-0.39, 0.29) is 6.04 Å². The van der Waals surface area contributed by atoms with Gasteiger partial charge in [-0.1, -0.05) is 33.3 Å². The van der Waals surface area contributed by atoms with Crippen LogP contribution in [0.4, 0.5) is 0 Å². The Kier molecular flexibility index (Phi) is 4.53. The van der Waals surface area contributed by atoms with Crippen LogP contribution in [0.15, 0.2) is 33.3 Å². The second-order valence-corrected chi connectivity index (χ2v) is 5.73. The third-order valence-electron chi connectivity index (χ3n) is 2.86. The van der Waals surface area contributed by atoms with Crippen molar-refractivity contribution in [3.8, 4) is 0 Å². The van der Waals surface area contributed by atoms with Gasteiger partial charge in [-0.25, -0.2) is 4.68 Å². The van der Waals surface area contributed by atoms with Gasteiger partial charge in [-0.05, 0) is 47.1 Å². The third kappa shape index (κ3) is 2.99. The van der Waals surface area contributed by atoms with Crippen molar-refractivity contribution in [3.63, 3.8) is 0 Å². The number of aromatic nitrogens is 3. The number of nitrogens with zero attached hydrogens (tertiary/aromatic N) is 3. The molecule has 0 amide bonds. The van der Waals surface area contributed by atoms with E-state index < -0.39 is 0 Å². The first-order valence-corrected chi connectivity index (χ1v) is 7.17. The predicted molar refractivity (Wildman–Crippen MR) is 78.3 cm³/mol. The highest BCUT2D eigenvalue weighted by molar-refractivity contribution is 9.10. The Morgan fingerprint density at radius 1 is 1.28 bits per heavy atom. The monoisotopic (exact) mass is 372 g/mol.